The van der Waals surface area contributed by atoms with Crippen molar-refractivity contribution in [3.8, 4) is 0 Å². The molecule has 14 heavy (non-hydrogen) atoms. The third-order valence-electron chi connectivity index (χ3n) is 3.36. The average Bonchev–Trinajstić information content (AvgIpc) is 2.79. The number of hydroxylamine groups is 2. The van der Waals surface area contributed by atoms with Crippen molar-refractivity contribution in [1.82, 2.24) is 5.23 Å². The van der Waals surface area contributed by atoms with E-state index in [0.717, 1.165) is 5.70 Å². The normalized spacial score (nSPS) is 29.3. The number of hydrogen-bond donors (Lipinski definition) is 0. The van der Waals surface area contributed by atoms with Crippen LogP contribution in [0.4, 0.5) is 0 Å². The minimum atomic E-state index is -0.301. The predicted molar refractivity (Wildman–Crippen MR) is 54.0 cm³/mol. The number of nitrogens with zero attached hydrogens (tertiary/aromatic N) is 1. The molecular formula is C11H19NO2. The van der Waals surface area contributed by atoms with E-state index < -0.39 is 0 Å². The standard InChI is InChI=1S/C11H19NO2/c1-8(9-6-7-9)12-13-10(2,3)11(4,5)14-12/h9H,1,6-7H2,2-5H3. The van der Waals surface area contributed by atoms with Crippen LogP contribution >= 0.6 is 0 Å². The third-order valence-corrected chi connectivity index (χ3v) is 3.36. The average molecular weight is 197 g/mol. The Labute approximate surface area is 85.6 Å². The van der Waals surface area contributed by atoms with Crippen molar-refractivity contribution in [2.45, 2.75) is 51.7 Å². The molecule has 3 nitrogen and oxygen atoms in total. The Morgan fingerprint density at radius 2 is 1.57 bits per heavy atom. The Kier molecular flexibility index (Phi) is 1.95. The molecule has 0 spiro atoms. The van der Waals surface area contributed by atoms with Gasteiger partial charge >= 0.3 is 0 Å². The van der Waals surface area contributed by atoms with Crippen molar-refractivity contribution in [3.05, 3.63) is 12.3 Å². The predicted octanol–water partition coefficient (Wildman–Crippen LogP) is 2.65. The molecule has 1 saturated heterocycles. The molecule has 1 saturated carbocycles. The molecule has 0 radical (unpaired) electrons. The van der Waals surface area contributed by atoms with E-state index in [1.807, 2.05) is 27.7 Å². The van der Waals surface area contributed by atoms with Gasteiger partial charge in [-0.1, -0.05) is 6.58 Å². The minimum absolute atomic E-state index is 0.301. The van der Waals surface area contributed by atoms with Gasteiger partial charge < -0.3 is 0 Å². The van der Waals surface area contributed by atoms with E-state index in [2.05, 4.69) is 6.58 Å². The molecule has 1 heterocycles. The first-order valence-corrected chi connectivity index (χ1v) is 5.21. The molecule has 0 aromatic heterocycles. The van der Waals surface area contributed by atoms with E-state index in [-0.39, 0.29) is 11.2 Å². The second-order valence-corrected chi connectivity index (χ2v) is 5.23. The topological polar surface area (TPSA) is 21.7 Å². The molecule has 0 bridgehead atoms. The Balaban J connectivity index is 2.09. The summed E-state index contributed by atoms with van der Waals surface area (Å²) in [4.78, 5) is 11.5. The summed E-state index contributed by atoms with van der Waals surface area (Å²) in [5, 5.41) is 1.53. The molecule has 3 heteroatoms. The van der Waals surface area contributed by atoms with Crippen molar-refractivity contribution in [2.75, 3.05) is 0 Å². The number of allylic oxidation sites excluding steroid dienone is 1. The fraction of sp³-hybridized carbons (Fsp3) is 0.818. The van der Waals surface area contributed by atoms with Crippen molar-refractivity contribution >= 4 is 0 Å². The van der Waals surface area contributed by atoms with Crippen molar-refractivity contribution in [2.24, 2.45) is 5.92 Å². The molecule has 1 aliphatic carbocycles. The molecule has 2 rings (SSSR count). The van der Waals surface area contributed by atoms with Crippen LogP contribution in [0.5, 0.6) is 0 Å². The number of hydrogen-bond acceptors (Lipinski definition) is 3. The first-order valence-electron chi connectivity index (χ1n) is 5.21. The Bertz CT molecular complexity index is 250. The lowest BCUT2D eigenvalue weighted by Crippen LogP contribution is -2.41. The van der Waals surface area contributed by atoms with Crippen LogP contribution in [-0.4, -0.2) is 16.4 Å². The summed E-state index contributed by atoms with van der Waals surface area (Å²) in [6.07, 6.45) is 2.42. The molecule has 0 atom stereocenters. The zero-order valence-corrected chi connectivity index (χ0v) is 9.46. The zero-order valence-electron chi connectivity index (χ0n) is 9.46. The van der Waals surface area contributed by atoms with E-state index in [1.165, 1.54) is 18.1 Å². The molecule has 80 valence electrons. The Morgan fingerprint density at radius 1 is 1.14 bits per heavy atom. The first-order chi connectivity index (χ1) is 6.33. The fourth-order valence-electron chi connectivity index (χ4n) is 1.34. The van der Waals surface area contributed by atoms with E-state index in [0.29, 0.717) is 5.92 Å². The Morgan fingerprint density at radius 3 is 1.93 bits per heavy atom. The highest BCUT2D eigenvalue weighted by molar-refractivity contribution is 5.05. The SMILES string of the molecule is C=C(C1CC1)N1OC(C)(C)C(C)(C)O1. The molecule has 0 unspecified atom stereocenters. The van der Waals surface area contributed by atoms with Gasteiger partial charge in [-0.3, -0.25) is 0 Å². The van der Waals surface area contributed by atoms with Crippen LogP contribution in [0.1, 0.15) is 40.5 Å². The Hall–Kier alpha value is -0.540. The van der Waals surface area contributed by atoms with Gasteiger partial charge in [-0.05, 0) is 40.5 Å². The molecule has 2 fully saturated rings. The summed E-state index contributed by atoms with van der Waals surface area (Å²) < 4.78 is 0. The highest BCUT2D eigenvalue weighted by Crippen LogP contribution is 2.44. The molecule has 1 aliphatic heterocycles. The molecule has 0 amide bonds. The lowest BCUT2D eigenvalue weighted by atomic mass is 9.90. The van der Waals surface area contributed by atoms with Crippen LogP contribution in [-0.2, 0) is 9.68 Å². The zero-order chi connectivity index (χ0) is 10.6. The highest BCUT2D eigenvalue weighted by Gasteiger charge is 2.51. The van der Waals surface area contributed by atoms with Gasteiger partial charge in [-0.25, -0.2) is 9.68 Å². The van der Waals surface area contributed by atoms with Gasteiger partial charge in [0, 0.05) is 5.92 Å². The molecule has 0 N–H and O–H groups in total. The van der Waals surface area contributed by atoms with Crippen LogP contribution in [0.25, 0.3) is 0 Å². The summed E-state index contributed by atoms with van der Waals surface area (Å²) in [6, 6.07) is 0. The third kappa shape index (κ3) is 1.44. The maximum atomic E-state index is 5.74. The summed E-state index contributed by atoms with van der Waals surface area (Å²) in [5.41, 5.74) is 0.360. The molecular weight excluding hydrogens is 178 g/mol. The fourth-order valence-corrected chi connectivity index (χ4v) is 1.34. The van der Waals surface area contributed by atoms with Gasteiger partial charge in [0.1, 0.15) is 11.2 Å². The van der Waals surface area contributed by atoms with Crippen molar-refractivity contribution < 1.29 is 9.68 Å². The van der Waals surface area contributed by atoms with Crippen molar-refractivity contribution in [3.63, 3.8) is 0 Å². The lowest BCUT2D eigenvalue weighted by molar-refractivity contribution is -0.304. The summed E-state index contributed by atoms with van der Waals surface area (Å²) in [6.45, 7) is 12.1. The van der Waals surface area contributed by atoms with Gasteiger partial charge in [0.05, 0.1) is 5.70 Å². The van der Waals surface area contributed by atoms with E-state index in [4.69, 9.17) is 9.68 Å². The second-order valence-electron chi connectivity index (χ2n) is 5.23. The van der Waals surface area contributed by atoms with Crippen LogP contribution in [0.15, 0.2) is 12.3 Å². The van der Waals surface area contributed by atoms with Gasteiger partial charge in [-0.15, -0.1) is 5.23 Å². The highest BCUT2D eigenvalue weighted by atomic mass is 17.0. The maximum absolute atomic E-state index is 5.74. The lowest BCUT2D eigenvalue weighted by Gasteiger charge is -2.26. The van der Waals surface area contributed by atoms with Gasteiger partial charge in [0.15, 0.2) is 0 Å². The minimum Gasteiger partial charge on any atom is -0.240 e. The monoisotopic (exact) mass is 197 g/mol. The smallest absolute Gasteiger partial charge is 0.124 e. The van der Waals surface area contributed by atoms with Crippen LogP contribution in [0.3, 0.4) is 0 Å². The van der Waals surface area contributed by atoms with Gasteiger partial charge in [0.25, 0.3) is 0 Å². The van der Waals surface area contributed by atoms with Gasteiger partial charge in [0.2, 0.25) is 0 Å². The quantitative estimate of drug-likeness (QED) is 0.679. The summed E-state index contributed by atoms with van der Waals surface area (Å²) >= 11 is 0. The van der Waals surface area contributed by atoms with E-state index in [9.17, 15) is 0 Å². The molecule has 0 aromatic rings. The van der Waals surface area contributed by atoms with Crippen LogP contribution in [0, 0.1) is 5.92 Å². The van der Waals surface area contributed by atoms with Crippen molar-refractivity contribution in [1.29, 1.82) is 0 Å². The van der Waals surface area contributed by atoms with Crippen LogP contribution < -0.4 is 0 Å². The molecule has 2 aliphatic rings. The van der Waals surface area contributed by atoms with E-state index >= 15 is 0 Å². The molecule has 0 aromatic carbocycles. The maximum Gasteiger partial charge on any atom is 0.124 e. The first kappa shape index (κ1) is 9.99. The number of rotatable bonds is 2. The van der Waals surface area contributed by atoms with E-state index in [1.54, 1.807) is 0 Å². The van der Waals surface area contributed by atoms with Gasteiger partial charge in [-0.2, -0.15) is 0 Å². The van der Waals surface area contributed by atoms with Crippen LogP contribution in [0.2, 0.25) is 0 Å². The largest absolute Gasteiger partial charge is 0.240 e. The summed E-state index contributed by atoms with van der Waals surface area (Å²) in [5.74, 6) is 0.569. The summed E-state index contributed by atoms with van der Waals surface area (Å²) in [7, 11) is 0. The second kappa shape index (κ2) is 2.74.